The van der Waals surface area contributed by atoms with Crippen molar-refractivity contribution in [1.82, 2.24) is 5.48 Å². The summed E-state index contributed by atoms with van der Waals surface area (Å²) in [5.41, 5.74) is 8.35. The molecular formula is C10H12N2O3. The Morgan fingerprint density at radius 2 is 2.00 bits per heavy atom. The van der Waals surface area contributed by atoms with E-state index in [0.29, 0.717) is 0 Å². The number of hydroxylamine groups is 1. The Kier molecular flexibility index (Phi) is 3.68. The lowest BCUT2D eigenvalue weighted by atomic mass is 10.1. The predicted octanol–water partition coefficient (Wildman–Crippen LogP) is 0.946. The third kappa shape index (κ3) is 3.68. The molecule has 0 atom stereocenters. The zero-order valence-electron chi connectivity index (χ0n) is 8.32. The van der Waals surface area contributed by atoms with E-state index in [1.54, 1.807) is 5.48 Å². The van der Waals surface area contributed by atoms with Crippen LogP contribution in [0.4, 0.5) is 4.79 Å². The molecule has 2 amide bonds. The first-order valence-electron chi connectivity index (χ1n) is 4.39. The summed E-state index contributed by atoms with van der Waals surface area (Å²) in [5.74, 6) is -0.549. The van der Waals surface area contributed by atoms with E-state index in [0.717, 1.165) is 11.1 Å². The van der Waals surface area contributed by atoms with Crippen molar-refractivity contribution in [2.45, 2.75) is 13.3 Å². The Hall–Kier alpha value is -2.04. The fourth-order valence-electron chi connectivity index (χ4n) is 1.12. The molecule has 1 rings (SSSR count). The number of nitrogens with one attached hydrogen (secondary N) is 1. The molecule has 1 aliphatic carbocycles. The maximum absolute atomic E-state index is 11.1. The first-order valence-corrected chi connectivity index (χ1v) is 4.39. The van der Waals surface area contributed by atoms with Crippen LogP contribution < -0.4 is 11.2 Å². The van der Waals surface area contributed by atoms with Gasteiger partial charge in [0.05, 0.1) is 6.42 Å². The molecule has 80 valence electrons. The number of nitrogens with two attached hydrogens (primary N) is 1. The van der Waals surface area contributed by atoms with E-state index in [4.69, 9.17) is 5.73 Å². The lowest BCUT2D eigenvalue weighted by molar-refractivity contribution is -0.147. The number of rotatable bonds is 2. The van der Waals surface area contributed by atoms with Crippen LogP contribution in [-0.4, -0.2) is 12.0 Å². The van der Waals surface area contributed by atoms with Crippen LogP contribution in [0.5, 0.6) is 0 Å². The van der Waals surface area contributed by atoms with Gasteiger partial charge in [-0.15, -0.1) is 0 Å². The molecular weight excluding hydrogens is 196 g/mol. The Morgan fingerprint density at radius 3 is 2.53 bits per heavy atom. The second-order valence-electron chi connectivity index (χ2n) is 3.07. The SMILES string of the molecule is CC(CC(=O)ONC(N)=O)=C1C=CC=C1. The number of amides is 2. The largest absolute Gasteiger partial charge is 0.349 e. The highest BCUT2D eigenvalue weighted by molar-refractivity contribution is 5.76. The van der Waals surface area contributed by atoms with Gasteiger partial charge in [-0.3, -0.25) is 0 Å². The number of hydrogen-bond donors (Lipinski definition) is 2. The van der Waals surface area contributed by atoms with E-state index < -0.39 is 12.0 Å². The van der Waals surface area contributed by atoms with Crippen LogP contribution in [0.3, 0.4) is 0 Å². The van der Waals surface area contributed by atoms with Crippen molar-refractivity contribution in [2.24, 2.45) is 5.73 Å². The maximum Gasteiger partial charge on any atom is 0.345 e. The number of allylic oxidation sites excluding steroid dienone is 5. The van der Waals surface area contributed by atoms with Crippen LogP contribution in [0.2, 0.25) is 0 Å². The second kappa shape index (κ2) is 4.99. The molecule has 0 aromatic rings. The third-order valence-electron chi connectivity index (χ3n) is 1.83. The fraction of sp³-hybridized carbons (Fsp3) is 0.200. The van der Waals surface area contributed by atoms with Gasteiger partial charge in [0.1, 0.15) is 0 Å². The standard InChI is InChI=1S/C10H12N2O3/c1-7(8-4-2-3-5-8)6-9(13)15-12-10(11)14/h2-5H,6H2,1H3,(H3,11,12,14). The smallest absolute Gasteiger partial charge is 0.345 e. The van der Waals surface area contributed by atoms with Crippen LogP contribution in [0.1, 0.15) is 13.3 Å². The van der Waals surface area contributed by atoms with Gasteiger partial charge in [-0.05, 0) is 12.5 Å². The zero-order chi connectivity index (χ0) is 11.3. The molecule has 0 fully saturated rings. The zero-order valence-corrected chi connectivity index (χ0v) is 8.32. The van der Waals surface area contributed by atoms with Crippen molar-refractivity contribution in [1.29, 1.82) is 0 Å². The minimum Gasteiger partial charge on any atom is -0.349 e. The summed E-state index contributed by atoms with van der Waals surface area (Å²) < 4.78 is 0. The number of carbonyl (C=O) groups is 2. The van der Waals surface area contributed by atoms with Gasteiger partial charge in [-0.1, -0.05) is 29.9 Å². The quantitative estimate of drug-likeness (QED) is 0.663. The van der Waals surface area contributed by atoms with Crippen molar-refractivity contribution < 1.29 is 14.4 Å². The van der Waals surface area contributed by atoms with Crippen LogP contribution in [0.15, 0.2) is 35.5 Å². The van der Waals surface area contributed by atoms with E-state index in [9.17, 15) is 9.59 Å². The molecule has 0 aliphatic heterocycles. The van der Waals surface area contributed by atoms with Gasteiger partial charge >= 0.3 is 12.0 Å². The van der Waals surface area contributed by atoms with Crippen molar-refractivity contribution in [3.63, 3.8) is 0 Å². The van der Waals surface area contributed by atoms with Gasteiger partial charge in [0, 0.05) is 0 Å². The Bertz CT molecular complexity index is 353. The van der Waals surface area contributed by atoms with E-state index in [1.165, 1.54) is 0 Å². The summed E-state index contributed by atoms with van der Waals surface area (Å²) in [6.45, 7) is 1.82. The molecule has 15 heavy (non-hydrogen) atoms. The van der Waals surface area contributed by atoms with Crippen LogP contribution in [-0.2, 0) is 9.63 Å². The molecule has 5 heteroatoms. The highest BCUT2D eigenvalue weighted by Gasteiger charge is 2.08. The molecule has 0 heterocycles. The van der Waals surface area contributed by atoms with E-state index in [1.807, 2.05) is 31.2 Å². The first kappa shape index (κ1) is 11.0. The van der Waals surface area contributed by atoms with Crippen LogP contribution >= 0.6 is 0 Å². The molecule has 0 spiro atoms. The van der Waals surface area contributed by atoms with Crippen molar-refractivity contribution in [3.05, 3.63) is 35.5 Å². The van der Waals surface area contributed by atoms with Crippen molar-refractivity contribution in [2.75, 3.05) is 0 Å². The Balaban J connectivity index is 2.44. The summed E-state index contributed by atoms with van der Waals surface area (Å²) in [7, 11) is 0. The van der Waals surface area contributed by atoms with Gasteiger partial charge in [0.15, 0.2) is 0 Å². The number of primary amides is 1. The van der Waals surface area contributed by atoms with Gasteiger partial charge < -0.3 is 10.6 Å². The van der Waals surface area contributed by atoms with E-state index in [-0.39, 0.29) is 6.42 Å². The molecule has 0 saturated heterocycles. The predicted molar refractivity (Wildman–Crippen MR) is 54.4 cm³/mol. The van der Waals surface area contributed by atoms with E-state index >= 15 is 0 Å². The van der Waals surface area contributed by atoms with Crippen LogP contribution in [0.25, 0.3) is 0 Å². The lowest BCUT2D eigenvalue weighted by Crippen LogP contribution is -2.31. The van der Waals surface area contributed by atoms with Gasteiger partial charge in [-0.25, -0.2) is 9.59 Å². The molecule has 0 radical (unpaired) electrons. The lowest BCUT2D eigenvalue weighted by Gasteiger charge is -2.04. The highest BCUT2D eigenvalue weighted by atomic mass is 16.7. The number of carbonyl (C=O) groups excluding carboxylic acids is 2. The molecule has 1 aliphatic rings. The molecule has 3 N–H and O–H groups in total. The van der Waals surface area contributed by atoms with E-state index in [2.05, 4.69) is 4.84 Å². The second-order valence-corrected chi connectivity index (χ2v) is 3.07. The summed E-state index contributed by atoms with van der Waals surface area (Å²) in [4.78, 5) is 25.8. The monoisotopic (exact) mass is 208 g/mol. The minimum atomic E-state index is -0.894. The molecule has 0 saturated carbocycles. The summed E-state index contributed by atoms with van der Waals surface area (Å²) in [6.07, 6.45) is 7.66. The summed E-state index contributed by atoms with van der Waals surface area (Å²) >= 11 is 0. The molecule has 0 aromatic heterocycles. The minimum absolute atomic E-state index is 0.115. The Labute approximate surface area is 87.2 Å². The van der Waals surface area contributed by atoms with Gasteiger partial charge in [0.2, 0.25) is 0 Å². The average molecular weight is 208 g/mol. The topological polar surface area (TPSA) is 81.4 Å². The summed E-state index contributed by atoms with van der Waals surface area (Å²) in [5, 5.41) is 0. The normalized spacial score (nSPS) is 12.7. The fourth-order valence-corrected chi connectivity index (χ4v) is 1.12. The maximum atomic E-state index is 11.1. The summed E-state index contributed by atoms with van der Waals surface area (Å²) in [6, 6.07) is -0.894. The first-order chi connectivity index (χ1) is 7.09. The van der Waals surface area contributed by atoms with Crippen molar-refractivity contribution in [3.8, 4) is 0 Å². The van der Waals surface area contributed by atoms with Crippen LogP contribution in [0, 0.1) is 0 Å². The highest BCUT2D eigenvalue weighted by Crippen LogP contribution is 2.15. The third-order valence-corrected chi connectivity index (χ3v) is 1.83. The number of urea groups is 1. The molecule has 0 bridgehead atoms. The average Bonchev–Trinajstić information content (AvgIpc) is 2.67. The van der Waals surface area contributed by atoms with Gasteiger partial charge in [-0.2, -0.15) is 5.48 Å². The molecule has 0 unspecified atom stereocenters. The molecule has 5 nitrogen and oxygen atoms in total. The number of hydrogen-bond acceptors (Lipinski definition) is 3. The van der Waals surface area contributed by atoms with Gasteiger partial charge in [0.25, 0.3) is 0 Å². The van der Waals surface area contributed by atoms with Crippen molar-refractivity contribution >= 4 is 12.0 Å². The molecule has 0 aromatic carbocycles. The Morgan fingerprint density at radius 1 is 1.40 bits per heavy atom.